The average molecular weight is 319 g/mol. The number of aromatic nitrogens is 2. The molecule has 2 saturated heterocycles. The maximum Gasteiger partial charge on any atom is 0.219 e. The van der Waals surface area contributed by atoms with Gasteiger partial charge in [0.05, 0.1) is 6.54 Å². The second kappa shape index (κ2) is 7.01. The fourth-order valence-corrected chi connectivity index (χ4v) is 4.00. The predicted molar refractivity (Wildman–Crippen MR) is 90.0 cm³/mol. The van der Waals surface area contributed by atoms with Crippen LogP contribution >= 0.6 is 0 Å². The maximum atomic E-state index is 11.5. The van der Waals surface area contributed by atoms with Crippen LogP contribution in [0, 0.1) is 5.92 Å². The second-order valence-corrected chi connectivity index (χ2v) is 6.91. The Morgan fingerprint density at radius 3 is 2.65 bits per heavy atom. The zero-order chi connectivity index (χ0) is 16.4. The van der Waals surface area contributed by atoms with Crippen LogP contribution in [-0.2, 0) is 17.9 Å². The van der Waals surface area contributed by atoms with E-state index in [1.165, 1.54) is 5.82 Å². The molecule has 6 heteroatoms. The van der Waals surface area contributed by atoms with Crippen LogP contribution < -0.4 is 0 Å². The van der Waals surface area contributed by atoms with Gasteiger partial charge in [0, 0.05) is 71.2 Å². The van der Waals surface area contributed by atoms with Gasteiger partial charge >= 0.3 is 0 Å². The Morgan fingerprint density at radius 2 is 2.00 bits per heavy atom. The zero-order valence-corrected chi connectivity index (χ0v) is 14.6. The third kappa shape index (κ3) is 3.58. The van der Waals surface area contributed by atoms with Crippen molar-refractivity contribution in [1.29, 1.82) is 0 Å². The molecule has 0 unspecified atom stereocenters. The smallest absolute Gasteiger partial charge is 0.219 e. The summed E-state index contributed by atoms with van der Waals surface area (Å²) < 4.78 is 2.23. The minimum Gasteiger partial charge on any atom is -0.340 e. The molecule has 1 amide bonds. The number of piperazine rings is 1. The highest BCUT2D eigenvalue weighted by Gasteiger charge is 2.35. The number of hydrogen-bond acceptors (Lipinski definition) is 4. The predicted octanol–water partition coefficient (Wildman–Crippen LogP) is 0.887. The molecular weight excluding hydrogens is 290 g/mol. The lowest BCUT2D eigenvalue weighted by Crippen LogP contribution is -2.53. The molecule has 2 atom stereocenters. The Kier molecular flexibility index (Phi) is 5.02. The van der Waals surface area contributed by atoms with Crippen molar-refractivity contribution in [3.05, 3.63) is 18.2 Å². The number of nitrogens with zero attached hydrogens (tertiary/aromatic N) is 5. The van der Waals surface area contributed by atoms with E-state index in [1.54, 1.807) is 6.92 Å². The highest BCUT2D eigenvalue weighted by Crippen LogP contribution is 2.24. The molecule has 0 radical (unpaired) electrons. The van der Waals surface area contributed by atoms with Gasteiger partial charge in [-0.05, 0) is 12.8 Å². The zero-order valence-electron chi connectivity index (χ0n) is 14.6. The molecule has 0 spiro atoms. The van der Waals surface area contributed by atoms with Gasteiger partial charge in [0.15, 0.2) is 0 Å². The van der Waals surface area contributed by atoms with Crippen molar-refractivity contribution in [2.24, 2.45) is 5.92 Å². The topological polar surface area (TPSA) is 44.6 Å². The minimum atomic E-state index is 0.206. The van der Waals surface area contributed by atoms with Gasteiger partial charge in [0.1, 0.15) is 5.82 Å². The van der Waals surface area contributed by atoms with Gasteiger partial charge in [-0.3, -0.25) is 14.6 Å². The minimum absolute atomic E-state index is 0.206. The summed E-state index contributed by atoms with van der Waals surface area (Å²) in [4.78, 5) is 23.1. The first-order valence-electron chi connectivity index (χ1n) is 8.80. The number of carbonyl (C=O) groups is 1. The van der Waals surface area contributed by atoms with Crippen LogP contribution in [0.3, 0.4) is 0 Å². The van der Waals surface area contributed by atoms with Crippen molar-refractivity contribution in [3.63, 3.8) is 0 Å². The van der Waals surface area contributed by atoms with E-state index in [2.05, 4.69) is 39.4 Å². The van der Waals surface area contributed by atoms with Crippen LogP contribution in [0.5, 0.6) is 0 Å². The van der Waals surface area contributed by atoms with Crippen LogP contribution in [0.15, 0.2) is 12.4 Å². The first-order valence-corrected chi connectivity index (χ1v) is 8.80. The van der Waals surface area contributed by atoms with Crippen molar-refractivity contribution in [1.82, 2.24) is 24.3 Å². The first kappa shape index (κ1) is 16.5. The molecule has 0 bridgehead atoms. The van der Waals surface area contributed by atoms with Crippen LogP contribution in [0.4, 0.5) is 0 Å². The molecule has 1 aromatic heterocycles. The van der Waals surface area contributed by atoms with Gasteiger partial charge in [-0.15, -0.1) is 0 Å². The van der Waals surface area contributed by atoms with Gasteiger partial charge in [-0.2, -0.15) is 0 Å². The third-order valence-corrected chi connectivity index (χ3v) is 5.38. The lowest BCUT2D eigenvalue weighted by Gasteiger charge is -2.39. The largest absolute Gasteiger partial charge is 0.340 e. The molecule has 0 saturated carbocycles. The third-order valence-electron chi connectivity index (χ3n) is 5.38. The molecule has 3 rings (SSSR count). The number of amides is 1. The number of carbonyl (C=O) groups excluding carboxylic acids is 1. The summed E-state index contributed by atoms with van der Waals surface area (Å²) >= 11 is 0. The van der Waals surface area contributed by atoms with Gasteiger partial charge in [0.2, 0.25) is 5.91 Å². The van der Waals surface area contributed by atoms with Crippen molar-refractivity contribution in [2.45, 2.75) is 39.9 Å². The van der Waals surface area contributed by atoms with Gasteiger partial charge < -0.3 is 9.47 Å². The lowest BCUT2D eigenvalue weighted by molar-refractivity contribution is -0.130. The van der Waals surface area contributed by atoms with Crippen molar-refractivity contribution in [2.75, 3.05) is 39.3 Å². The molecule has 1 aromatic rings. The van der Waals surface area contributed by atoms with E-state index >= 15 is 0 Å². The Balaban J connectivity index is 1.56. The average Bonchev–Trinajstić information content (AvgIpc) is 3.14. The molecule has 0 aromatic carbocycles. The van der Waals surface area contributed by atoms with E-state index in [9.17, 15) is 4.79 Å². The summed E-state index contributed by atoms with van der Waals surface area (Å²) in [5, 5.41) is 0. The Bertz CT molecular complexity index is 535. The highest BCUT2D eigenvalue weighted by molar-refractivity contribution is 5.73. The van der Waals surface area contributed by atoms with Crippen molar-refractivity contribution < 1.29 is 4.79 Å². The number of aryl methyl sites for hydroxylation is 1. The van der Waals surface area contributed by atoms with Crippen molar-refractivity contribution in [3.8, 4) is 0 Å². The molecule has 0 N–H and O–H groups in total. The van der Waals surface area contributed by atoms with E-state index < -0.39 is 0 Å². The number of rotatable bonds is 4. The van der Waals surface area contributed by atoms with Crippen LogP contribution in [0.2, 0.25) is 0 Å². The van der Waals surface area contributed by atoms with Crippen LogP contribution in [0.25, 0.3) is 0 Å². The van der Waals surface area contributed by atoms with Gasteiger partial charge in [0.25, 0.3) is 0 Å². The normalized spacial score (nSPS) is 26.8. The summed E-state index contributed by atoms with van der Waals surface area (Å²) in [6, 6.07) is 0.606. The summed E-state index contributed by atoms with van der Waals surface area (Å²) in [5.41, 5.74) is 0. The van der Waals surface area contributed by atoms with Crippen LogP contribution in [0.1, 0.15) is 26.6 Å². The lowest BCUT2D eigenvalue weighted by atomic mass is 10.0. The molecule has 2 aliphatic heterocycles. The molecular formula is C17H29N5O. The summed E-state index contributed by atoms with van der Waals surface area (Å²) in [6.07, 6.45) is 3.96. The molecule has 2 aliphatic rings. The van der Waals surface area contributed by atoms with Crippen molar-refractivity contribution >= 4 is 5.91 Å². The van der Waals surface area contributed by atoms with E-state index in [1.807, 2.05) is 11.1 Å². The molecule has 23 heavy (non-hydrogen) atoms. The SMILES string of the molecule is CCn1ccnc1CN1C[C@@H](N2CCN(C(C)=O)CC2)[C@@H](C)C1. The molecule has 3 heterocycles. The van der Waals surface area contributed by atoms with Gasteiger partial charge in [-0.25, -0.2) is 4.98 Å². The van der Waals surface area contributed by atoms with Crippen LogP contribution in [-0.4, -0.2) is 75.5 Å². The molecule has 0 aliphatic carbocycles. The number of likely N-dealkylation sites (tertiary alicyclic amines) is 1. The summed E-state index contributed by atoms with van der Waals surface area (Å²) in [6.45, 7) is 14.1. The number of imidazole rings is 1. The molecule has 6 nitrogen and oxygen atoms in total. The van der Waals surface area contributed by atoms with E-state index in [-0.39, 0.29) is 5.91 Å². The summed E-state index contributed by atoms with van der Waals surface area (Å²) in [7, 11) is 0. The first-order chi connectivity index (χ1) is 11.1. The second-order valence-electron chi connectivity index (χ2n) is 6.91. The Morgan fingerprint density at radius 1 is 1.26 bits per heavy atom. The van der Waals surface area contributed by atoms with E-state index in [4.69, 9.17) is 0 Å². The fourth-order valence-electron chi connectivity index (χ4n) is 4.00. The van der Waals surface area contributed by atoms with E-state index in [0.29, 0.717) is 12.0 Å². The highest BCUT2D eigenvalue weighted by atomic mass is 16.2. The maximum absolute atomic E-state index is 11.5. The molecule has 128 valence electrons. The standard InChI is InChI=1S/C17H29N5O/c1-4-20-6-5-18-17(20)13-19-11-14(2)16(12-19)22-9-7-21(8-10-22)15(3)23/h5-6,14,16H,4,7-13H2,1-3H3/t14-,16+/m0/s1. The monoisotopic (exact) mass is 319 g/mol. The van der Waals surface area contributed by atoms with E-state index in [0.717, 1.165) is 52.4 Å². The molecule has 2 fully saturated rings. The summed E-state index contributed by atoms with van der Waals surface area (Å²) in [5.74, 6) is 2.04. The number of hydrogen-bond donors (Lipinski definition) is 0. The fraction of sp³-hybridized carbons (Fsp3) is 0.765. The Labute approximate surface area is 139 Å². The Hall–Kier alpha value is -1.40. The quantitative estimate of drug-likeness (QED) is 0.827. The van der Waals surface area contributed by atoms with Gasteiger partial charge in [-0.1, -0.05) is 6.92 Å².